The van der Waals surface area contributed by atoms with Gasteiger partial charge in [-0.15, -0.1) is 0 Å². The maximum atomic E-state index is 15.3. The van der Waals surface area contributed by atoms with Crippen LogP contribution >= 0.6 is 7.82 Å². The lowest BCUT2D eigenvalue weighted by atomic mass is 9.90. The molecule has 65 heavy (non-hydrogen) atoms. The van der Waals surface area contributed by atoms with Crippen molar-refractivity contribution >= 4 is 60.5 Å². The number of hydrogen-bond acceptors (Lipinski definition) is 10. The molecule has 4 heterocycles. The van der Waals surface area contributed by atoms with Crippen LogP contribution in [0.25, 0.3) is 0 Å². The number of carbonyl (C=O) groups excluding carboxylic acids is 7. The quantitative estimate of drug-likeness (QED) is 0.197. The van der Waals surface area contributed by atoms with Crippen LogP contribution in [0.15, 0.2) is 42.5 Å². The van der Waals surface area contributed by atoms with E-state index < -0.39 is 134 Å². The fourth-order valence-electron chi connectivity index (χ4n) is 10.2. The summed E-state index contributed by atoms with van der Waals surface area (Å²) in [6.07, 6.45) is -0.844. The van der Waals surface area contributed by atoms with Crippen molar-refractivity contribution in [3.8, 4) is 0 Å². The minimum absolute atomic E-state index is 0.0406. The van der Waals surface area contributed by atoms with Crippen LogP contribution in [0.3, 0.4) is 0 Å². The number of carbonyl (C=O) groups is 7. The van der Waals surface area contributed by atoms with Gasteiger partial charge in [-0.1, -0.05) is 13.8 Å². The van der Waals surface area contributed by atoms with E-state index in [0.29, 0.717) is 24.6 Å². The van der Waals surface area contributed by atoms with Crippen LogP contribution in [-0.2, 0) is 44.3 Å². The number of Topliss-reactive ketones (excluding diaryl/α,β-unsaturated/α-hetero) is 1. The molecule has 4 aliphatic heterocycles. The monoisotopic (exact) mass is 928 g/mol. The van der Waals surface area contributed by atoms with Crippen molar-refractivity contribution in [2.45, 2.75) is 101 Å². The van der Waals surface area contributed by atoms with Crippen LogP contribution < -0.4 is 26.2 Å². The van der Waals surface area contributed by atoms with Gasteiger partial charge in [-0.3, -0.25) is 33.3 Å². The summed E-state index contributed by atoms with van der Waals surface area (Å²) >= 11 is 0. The van der Waals surface area contributed by atoms with Crippen molar-refractivity contribution in [1.29, 1.82) is 0 Å². The third-order valence-electron chi connectivity index (χ3n) is 13.2. The molecule has 352 valence electrons. The zero-order chi connectivity index (χ0) is 47.3. The molecule has 2 unspecified atom stereocenters. The molecule has 19 nitrogen and oxygen atoms in total. The van der Waals surface area contributed by atoms with Crippen LogP contribution in [0.5, 0.6) is 0 Å². The molecule has 5 fully saturated rings. The molecule has 2 aromatic carbocycles. The SMILES string of the molecule is C[C@H]1CN2C(=O)[C@H](C)NC(=O)[C@@H]3CCCCN3C(=O)[C@@H]3C[C@@H](OP(=O)(O)O)CN3C(=O)[C@@H](NC(=O)[C@H](Cc3cc(F)cc(F)c3)NC(=O)Nc3ccc(N(C)C)cc3)[C@H](C)C3C(=O)C32C1. The molecule has 1 aliphatic carbocycles. The van der Waals surface area contributed by atoms with E-state index in [-0.39, 0.29) is 37.4 Å². The second-order valence-electron chi connectivity index (χ2n) is 18.2. The Hall–Kier alpha value is -5.50. The third-order valence-corrected chi connectivity index (χ3v) is 13.8. The molecule has 4 saturated heterocycles. The van der Waals surface area contributed by atoms with Gasteiger partial charge in [0.25, 0.3) is 0 Å². The molecule has 5 aliphatic rings. The third kappa shape index (κ3) is 9.88. The maximum Gasteiger partial charge on any atom is 0.469 e. The van der Waals surface area contributed by atoms with E-state index in [1.54, 1.807) is 24.3 Å². The van der Waals surface area contributed by atoms with Gasteiger partial charge in [0.1, 0.15) is 47.4 Å². The number of phosphoric acid groups is 1. The number of piperidine rings is 1. The molecule has 7 rings (SSSR count). The average molecular weight is 929 g/mol. The van der Waals surface area contributed by atoms with Gasteiger partial charge in [0.15, 0.2) is 5.78 Å². The Morgan fingerprint density at radius 3 is 2.26 bits per heavy atom. The summed E-state index contributed by atoms with van der Waals surface area (Å²) in [5.41, 5.74) is -0.316. The van der Waals surface area contributed by atoms with Crippen molar-refractivity contribution in [2.75, 3.05) is 43.9 Å². The fraction of sp³-hybridized carbons (Fsp3) is 0.558. The van der Waals surface area contributed by atoms with Crippen LogP contribution in [0.2, 0.25) is 0 Å². The molecule has 1 saturated carbocycles. The molecular weight excluding hydrogens is 873 g/mol. The topological polar surface area (TPSA) is 247 Å². The van der Waals surface area contributed by atoms with Gasteiger partial charge in [-0.05, 0) is 86.4 Å². The Bertz CT molecular complexity index is 2280. The standard InChI is InChI=1S/C43H55F2N8O11P/c1-22-19-43-34(36(43)54)23(2)35(49-37(55)31(16-25-14-26(44)17-27(45)15-25)48-42(60)47-28-9-11-29(12-10-28)50(4)5)41(59)52-21-30(64-65(61,62)63)18-33(52)40(58)51-13-7-6-8-32(51)38(56)46-24(3)39(57)53(43)20-22/h9-12,14-15,17,22-24,30-35H,6-8,13,16,18-21H2,1-5H3,(H,46,56)(H,49,55)(H2,47,48,60)(H2,61,62,63)/t22-,23-,24+,30-,31+,32+,33+,34?,35+,43?/m1/s1. The average Bonchev–Trinajstić information content (AvgIpc) is 3.45. The number of ketones is 1. The van der Waals surface area contributed by atoms with E-state index in [0.717, 1.165) is 22.7 Å². The van der Waals surface area contributed by atoms with E-state index in [4.69, 9.17) is 4.52 Å². The van der Waals surface area contributed by atoms with Crippen molar-refractivity contribution in [3.05, 3.63) is 59.7 Å². The number of hydrogen-bond donors (Lipinski definition) is 6. The second-order valence-corrected chi connectivity index (χ2v) is 19.4. The van der Waals surface area contributed by atoms with E-state index in [9.17, 15) is 51.9 Å². The van der Waals surface area contributed by atoms with E-state index in [1.807, 2.05) is 25.9 Å². The highest BCUT2D eigenvalue weighted by atomic mass is 31.2. The van der Waals surface area contributed by atoms with Gasteiger partial charge in [-0.2, -0.15) is 0 Å². The number of halogens is 2. The number of benzene rings is 2. The zero-order valence-electron chi connectivity index (χ0n) is 36.7. The number of anilines is 2. The number of urea groups is 1. The first kappa shape index (κ1) is 47.5. The van der Waals surface area contributed by atoms with Crippen molar-refractivity contribution in [3.63, 3.8) is 0 Å². The number of fused-ring (bicyclic) bond motifs is 2. The number of nitrogens with zero attached hydrogens (tertiary/aromatic N) is 4. The molecule has 10 atom stereocenters. The van der Waals surface area contributed by atoms with Gasteiger partial charge in [-0.25, -0.2) is 18.1 Å². The second kappa shape index (κ2) is 18.4. The van der Waals surface area contributed by atoms with Crippen LogP contribution in [0, 0.1) is 29.4 Å². The van der Waals surface area contributed by atoms with Gasteiger partial charge in [0.05, 0.1) is 12.0 Å². The van der Waals surface area contributed by atoms with Crippen molar-refractivity contribution < 1.29 is 61.2 Å². The number of phosphoric ester groups is 1. The van der Waals surface area contributed by atoms with E-state index >= 15 is 4.79 Å². The molecule has 2 aromatic rings. The molecule has 0 aromatic heterocycles. The maximum absolute atomic E-state index is 15.3. The highest BCUT2D eigenvalue weighted by Gasteiger charge is 2.74. The summed E-state index contributed by atoms with van der Waals surface area (Å²) in [4.78, 5) is 126. The van der Waals surface area contributed by atoms with Gasteiger partial charge >= 0.3 is 13.9 Å². The Balaban J connectivity index is 1.28. The lowest BCUT2D eigenvalue weighted by molar-refractivity contribution is -0.151. The predicted octanol–water partition coefficient (Wildman–Crippen LogP) is 1.67. The summed E-state index contributed by atoms with van der Waals surface area (Å²) in [5.74, 6) is -8.62. The molecule has 22 heteroatoms. The largest absolute Gasteiger partial charge is 0.469 e. The molecule has 0 radical (unpaired) electrons. The fourth-order valence-corrected chi connectivity index (χ4v) is 10.8. The van der Waals surface area contributed by atoms with E-state index in [1.165, 1.54) is 23.6 Å². The van der Waals surface area contributed by atoms with Gasteiger partial charge in [0, 0.05) is 64.0 Å². The molecular formula is C43H55F2N8O11P. The van der Waals surface area contributed by atoms with E-state index in [2.05, 4.69) is 21.3 Å². The first-order valence-corrected chi connectivity index (χ1v) is 23.2. The highest BCUT2D eigenvalue weighted by Crippen LogP contribution is 2.57. The lowest BCUT2D eigenvalue weighted by Gasteiger charge is -2.39. The minimum Gasteiger partial charge on any atom is -0.378 e. The van der Waals surface area contributed by atoms with Gasteiger partial charge in [0.2, 0.25) is 29.5 Å². The summed E-state index contributed by atoms with van der Waals surface area (Å²) in [7, 11) is -1.53. The van der Waals surface area contributed by atoms with Crippen LogP contribution in [0.4, 0.5) is 25.0 Å². The first-order chi connectivity index (χ1) is 30.6. The summed E-state index contributed by atoms with van der Waals surface area (Å²) in [6, 6.07) is 1.34. The Morgan fingerprint density at radius 2 is 1.62 bits per heavy atom. The molecule has 1 spiro atoms. The Labute approximate surface area is 374 Å². The molecule has 7 amide bonds. The Morgan fingerprint density at radius 1 is 0.938 bits per heavy atom. The minimum atomic E-state index is -5.19. The molecule has 6 N–H and O–H groups in total. The summed E-state index contributed by atoms with van der Waals surface area (Å²) < 4.78 is 46.2. The zero-order valence-corrected chi connectivity index (χ0v) is 37.6. The summed E-state index contributed by atoms with van der Waals surface area (Å²) in [6.45, 7) is 4.52. The first-order valence-electron chi connectivity index (χ1n) is 21.7. The van der Waals surface area contributed by atoms with Crippen molar-refractivity contribution in [1.82, 2.24) is 30.7 Å². The highest BCUT2D eigenvalue weighted by molar-refractivity contribution is 7.46. The number of amides is 7. The van der Waals surface area contributed by atoms with Crippen LogP contribution in [0.1, 0.15) is 58.4 Å². The van der Waals surface area contributed by atoms with Gasteiger partial charge < -0.3 is 50.7 Å². The van der Waals surface area contributed by atoms with Crippen molar-refractivity contribution in [2.24, 2.45) is 17.8 Å². The normalized spacial score (nSPS) is 29.9. The lowest BCUT2D eigenvalue weighted by Crippen LogP contribution is -2.61. The van der Waals surface area contributed by atoms with Crippen LogP contribution in [-0.4, -0.2) is 141 Å². The predicted molar refractivity (Wildman–Crippen MR) is 229 cm³/mol. The molecule has 0 bridgehead atoms. The number of nitrogens with one attached hydrogen (secondary N) is 4. The number of rotatable bonds is 9. The summed E-state index contributed by atoms with van der Waals surface area (Å²) in [5, 5.41) is 10.6. The smallest absolute Gasteiger partial charge is 0.378 e. The Kier molecular flexibility index (Phi) is 13.4.